The fraction of sp³-hybridized carbons (Fsp3) is 0.211. The van der Waals surface area contributed by atoms with Crippen molar-refractivity contribution in [1.29, 1.82) is 0 Å². The first-order valence-electron chi connectivity index (χ1n) is 7.22. The van der Waals surface area contributed by atoms with Crippen LogP contribution in [0.3, 0.4) is 0 Å². The summed E-state index contributed by atoms with van der Waals surface area (Å²) < 4.78 is 5.63. The highest BCUT2D eigenvalue weighted by molar-refractivity contribution is 5.90. The minimum Gasteiger partial charge on any atom is -0.423 e. The van der Waals surface area contributed by atoms with Gasteiger partial charge in [-0.1, -0.05) is 49.9 Å². The molecule has 0 N–H and O–H groups in total. The van der Waals surface area contributed by atoms with Gasteiger partial charge >= 0.3 is 5.97 Å². The molecule has 106 valence electrons. The fourth-order valence-corrected chi connectivity index (χ4v) is 2.82. The molecule has 0 atom stereocenters. The fourth-order valence-electron chi connectivity index (χ4n) is 2.82. The Kier molecular flexibility index (Phi) is 3.38. The maximum Gasteiger partial charge on any atom is 0.338 e. The van der Waals surface area contributed by atoms with Gasteiger partial charge in [-0.05, 0) is 35.6 Å². The highest BCUT2D eigenvalue weighted by atomic mass is 16.5. The minimum absolute atomic E-state index is 0.353. The number of esters is 1. The molecule has 1 aliphatic rings. The maximum absolute atomic E-state index is 11.9. The Morgan fingerprint density at radius 2 is 1.95 bits per heavy atom. The maximum atomic E-state index is 11.9. The van der Waals surface area contributed by atoms with Gasteiger partial charge in [0.15, 0.2) is 0 Å². The Bertz CT molecular complexity index is 741. The Morgan fingerprint density at radius 1 is 1.19 bits per heavy atom. The predicted molar refractivity (Wildman–Crippen MR) is 84.5 cm³/mol. The standard InChI is InChI=1S/C19H18O2/c1-4-13-9-10-16-15-8-6-5-7-14(15)11-17(16)18(13)21-19(20)12(2)3/h5-10H,2,4,11H2,1,3H3. The second kappa shape index (κ2) is 5.21. The molecular weight excluding hydrogens is 260 g/mol. The zero-order valence-electron chi connectivity index (χ0n) is 12.4. The zero-order chi connectivity index (χ0) is 15.0. The van der Waals surface area contributed by atoms with Crippen molar-refractivity contribution in [3.63, 3.8) is 0 Å². The number of rotatable bonds is 3. The van der Waals surface area contributed by atoms with Crippen LogP contribution in [0, 0.1) is 0 Å². The first-order chi connectivity index (χ1) is 10.1. The van der Waals surface area contributed by atoms with Gasteiger partial charge in [-0.2, -0.15) is 0 Å². The Balaban J connectivity index is 2.12. The summed E-state index contributed by atoms with van der Waals surface area (Å²) in [5.74, 6) is 0.369. The van der Waals surface area contributed by atoms with E-state index >= 15 is 0 Å². The van der Waals surface area contributed by atoms with Crippen LogP contribution >= 0.6 is 0 Å². The molecule has 1 aliphatic carbocycles. The third-order valence-electron chi connectivity index (χ3n) is 3.94. The monoisotopic (exact) mass is 278 g/mol. The third kappa shape index (κ3) is 2.27. The molecule has 0 unspecified atom stereocenters. The molecule has 0 saturated heterocycles. The molecule has 2 aromatic carbocycles. The summed E-state index contributed by atoms with van der Waals surface area (Å²) in [5, 5.41) is 0. The molecule has 0 heterocycles. The van der Waals surface area contributed by atoms with E-state index in [1.165, 1.54) is 16.7 Å². The van der Waals surface area contributed by atoms with Gasteiger partial charge in [0.05, 0.1) is 0 Å². The van der Waals surface area contributed by atoms with Crippen molar-refractivity contribution in [3.05, 3.63) is 65.2 Å². The van der Waals surface area contributed by atoms with E-state index in [0.717, 1.165) is 29.7 Å². The van der Waals surface area contributed by atoms with Gasteiger partial charge in [0.2, 0.25) is 0 Å². The molecule has 0 aliphatic heterocycles. The van der Waals surface area contributed by atoms with Crippen molar-refractivity contribution >= 4 is 5.97 Å². The minimum atomic E-state index is -0.353. The first kappa shape index (κ1) is 13.6. The second-order valence-electron chi connectivity index (χ2n) is 5.44. The van der Waals surface area contributed by atoms with Crippen LogP contribution in [0.4, 0.5) is 0 Å². The van der Waals surface area contributed by atoms with Crippen LogP contribution in [0.25, 0.3) is 11.1 Å². The van der Waals surface area contributed by atoms with Gasteiger partial charge in [-0.25, -0.2) is 4.79 Å². The van der Waals surface area contributed by atoms with Crippen LogP contribution in [0.5, 0.6) is 5.75 Å². The average Bonchev–Trinajstić information content (AvgIpc) is 2.86. The van der Waals surface area contributed by atoms with E-state index in [0.29, 0.717) is 5.57 Å². The SMILES string of the molecule is C=C(C)C(=O)Oc1c(CC)ccc2c1Cc1ccccc1-2. The summed E-state index contributed by atoms with van der Waals surface area (Å²) >= 11 is 0. The van der Waals surface area contributed by atoms with E-state index in [1.807, 2.05) is 12.1 Å². The lowest BCUT2D eigenvalue weighted by molar-refractivity contribution is -0.130. The van der Waals surface area contributed by atoms with E-state index in [4.69, 9.17) is 4.74 Å². The quantitative estimate of drug-likeness (QED) is 0.405. The average molecular weight is 278 g/mol. The summed E-state index contributed by atoms with van der Waals surface area (Å²) in [4.78, 5) is 11.9. The number of carbonyl (C=O) groups is 1. The number of ether oxygens (including phenoxy) is 1. The molecule has 0 fully saturated rings. The van der Waals surface area contributed by atoms with Crippen LogP contribution in [0.2, 0.25) is 0 Å². The van der Waals surface area contributed by atoms with Crippen LogP contribution in [-0.4, -0.2) is 5.97 Å². The molecule has 0 radical (unpaired) electrons. The van der Waals surface area contributed by atoms with Gasteiger partial charge in [0.25, 0.3) is 0 Å². The predicted octanol–water partition coefficient (Wildman–Crippen LogP) is 4.30. The second-order valence-corrected chi connectivity index (χ2v) is 5.44. The summed E-state index contributed by atoms with van der Waals surface area (Å²) in [6, 6.07) is 12.5. The molecule has 0 amide bonds. The summed E-state index contributed by atoms with van der Waals surface area (Å²) in [6.07, 6.45) is 1.65. The topological polar surface area (TPSA) is 26.3 Å². The first-order valence-corrected chi connectivity index (χ1v) is 7.22. The van der Waals surface area contributed by atoms with Crippen LogP contribution in [0.1, 0.15) is 30.5 Å². The van der Waals surface area contributed by atoms with E-state index in [9.17, 15) is 4.79 Å². The molecule has 2 nitrogen and oxygen atoms in total. The van der Waals surface area contributed by atoms with E-state index in [-0.39, 0.29) is 5.97 Å². The molecule has 2 heteroatoms. The van der Waals surface area contributed by atoms with Crippen molar-refractivity contribution in [1.82, 2.24) is 0 Å². The van der Waals surface area contributed by atoms with Crippen LogP contribution < -0.4 is 4.74 Å². The van der Waals surface area contributed by atoms with Gasteiger partial charge in [-0.3, -0.25) is 0 Å². The van der Waals surface area contributed by atoms with Crippen LogP contribution in [-0.2, 0) is 17.6 Å². The number of fused-ring (bicyclic) bond motifs is 3. The normalized spacial score (nSPS) is 11.7. The highest BCUT2D eigenvalue weighted by Gasteiger charge is 2.24. The lowest BCUT2D eigenvalue weighted by Gasteiger charge is -2.13. The molecule has 0 bridgehead atoms. The molecule has 2 aromatic rings. The molecule has 21 heavy (non-hydrogen) atoms. The Morgan fingerprint density at radius 3 is 2.67 bits per heavy atom. The number of benzene rings is 2. The molecule has 0 spiro atoms. The summed E-state index contributed by atoms with van der Waals surface area (Å²) in [7, 11) is 0. The number of hydrogen-bond acceptors (Lipinski definition) is 2. The lowest BCUT2D eigenvalue weighted by atomic mass is 10.0. The van der Waals surface area contributed by atoms with E-state index < -0.39 is 0 Å². The Hall–Kier alpha value is -2.35. The Labute approximate surface area is 125 Å². The van der Waals surface area contributed by atoms with Crippen molar-refractivity contribution in [2.45, 2.75) is 26.7 Å². The van der Waals surface area contributed by atoms with Crippen LogP contribution in [0.15, 0.2) is 48.6 Å². The molecule has 3 rings (SSSR count). The van der Waals surface area contributed by atoms with Gasteiger partial charge < -0.3 is 4.74 Å². The number of aryl methyl sites for hydroxylation is 1. The van der Waals surface area contributed by atoms with Crippen molar-refractivity contribution in [2.24, 2.45) is 0 Å². The summed E-state index contributed by atoms with van der Waals surface area (Å²) in [6.45, 7) is 7.41. The van der Waals surface area contributed by atoms with Crippen molar-refractivity contribution < 1.29 is 9.53 Å². The molecular formula is C19H18O2. The van der Waals surface area contributed by atoms with Gasteiger partial charge in [0, 0.05) is 17.6 Å². The smallest absolute Gasteiger partial charge is 0.338 e. The third-order valence-corrected chi connectivity index (χ3v) is 3.94. The van der Waals surface area contributed by atoms with E-state index in [1.54, 1.807) is 6.92 Å². The highest BCUT2D eigenvalue weighted by Crippen LogP contribution is 2.43. The number of hydrogen-bond donors (Lipinski definition) is 0. The molecule has 0 aromatic heterocycles. The van der Waals surface area contributed by atoms with Gasteiger partial charge in [-0.15, -0.1) is 0 Å². The number of carbonyl (C=O) groups excluding carboxylic acids is 1. The van der Waals surface area contributed by atoms with Gasteiger partial charge in [0.1, 0.15) is 5.75 Å². The summed E-state index contributed by atoms with van der Waals surface area (Å²) in [5.41, 5.74) is 6.30. The van der Waals surface area contributed by atoms with Crippen molar-refractivity contribution in [3.8, 4) is 16.9 Å². The lowest BCUT2D eigenvalue weighted by Crippen LogP contribution is -2.11. The van der Waals surface area contributed by atoms with Crippen molar-refractivity contribution in [2.75, 3.05) is 0 Å². The largest absolute Gasteiger partial charge is 0.423 e. The molecule has 0 saturated carbocycles. The zero-order valence-corrected chi connectivity index (χ0v) is 12.4. The van der Waals surface area contributed by atoms with E-state index in [2.05, 4.69) is 37.8 Å².